The molecule has 0 aliphatic carbocycles. The molecule has 60 heavy (non-hydrogen) atoms. The molecule has 0 N–H and O–H groups in total. The zero-order valence-corrected chi connectivity index (χ0v) is 32.5. The fourth-order valence-corrected chi connectivity index (χ4v) is 8.04. The van der Waals surface area contributed by atoms with Gasteiger partial charge in [-0.15, -0.1) is 0 Å². The van der Waals surface area contributed by atoms with Gasteiger partial charge in [0.25, 0.3) is 0 Å². The molecule has 0 amide bonds. The quantitative estimate of drug-likeness (QED) is 0.154. The van der Waals surface area contributed by atoms with Gasteiger partial charge in [0.15, 0.2) is 17.5 Å². The Bertz CT molecular complexity index is 3290. The van der Waals surface area contributed by atoms with Crippen LogP contribution in [0.4, 0.5) is 17.1 Å². The lowest BCUT2D eigenvalue weighted by Crippen LogP contribution is -2.09. The highest BCUT2D eigenvalue weighted by Gasteiger charge is 2.18. The Balaban J connectivity index is 0.995. The normalized spacial score (nSPS) is 11.3. The topological polar surface area (TPSA) is 55.1 Å². The largest absolute Gasteiger partial charge is 0.456 e. The molecule has 0 aliphatic heterocycles. The van der Waals surface area contributed by atoms with Crippen LogP contribution in [0.1, 0.15) is 0 Å². The average Bonchev–Trinajstić information content (AvgIpc) is 3.70. The Kier molecular flexibility index (Phi) is 8.75. The first kappa shape index (κ1) is 35.0. The van der Waals surface area contributed by atoms with E-state index in [1.54, 1.807) is 0 Å². The Morgan fingerprint density at radius 1 is 0.283 bits per heavy atom. The van der Waals surface area contributed by atoms with Gasteiger partial charge in [-0.3, -0.25) is 0 Å². The highest BCUT2D eigenvalue weighted by molar-refractivity contribution is 6.07. The summed E-state index contributed by atoms with van der Waals surface area (Å²) in [6.45, 7) is 0. The molecule has 2 aromatic heterocycles. The predicted octanol–water partition coefficient (Wildman–Crippen LogP) is 14.7. The minimum absolute atomic E-state index is 0.576. The summed E-state index contributed by atoms with van der Waals surface area (Å²) in [5, 5.41) is 4.34. The number of fused-ring (bicyclic) bond motifs is 4. The lowest BCUT2D eigenvalue weighted by molar-refractivity contribution is 0.669. The number of hydrogen-bond acceptors (Lipinski definition) is 5. The van der Waals surface area contributed by atoms with Crippen LogP contribution in [0.2, 0.25) is 0 Å². The molecule has 0 aliphatic rings. The third-order valence-electron chi connectivity index (χ3n) is 11.1. The van der Waals surface area contributed by atoms with E-state index in [0.29, 0.717) is 17.5 Å². The van der Waals surface area contributed by atoms with Crippen LogP contribution in [0.15, 0.2) is 223 Å². The molecule has 11 rings (SSSR count). The van der Waals surface area contributed by atoms with Crippen molar-refractivity contribution >= 4 is 49.8 Å². The molecule has 5 nitrogen and oxygen atoms in total. The third-order valence-corrected chi connectivity index (χ3v) is 11.1. The molecular formula is C55H36N4O. The van der Waals surface area contributed by atoms with E-state index in [1.165, 1.54) is 16.5 Å². The van der Waals surface area contributed by atoms with Crippen LogP contribution in [-0.4, -0.2) is 15.0 Å². The van der Waals surface area contributed by atoms with E-state index in [4.69, 9.17) is 19.4 Å². The van der Waals surface area contributed by atoms with Crippen molar-refractivity contribution in [1.29, 1.82) is 0 Å². The number of para-hydroxylation sites is 1. The average molecular weight is 769 g/mol. The molecule has 0 spiro atoms. The van der Waals surface area contributed by atoms with Crippen molar-refractivity contribution < 1.29 is 4.42 Å². The van der Waals surface area contributed by atoms with Crippen molar-refractivity contribution in [3.05, 3.63) is 218 Å². The van der Waals surface area contributed by atoms with Crippen molar-refractivity contribution in [3.8, 4) is 56.4 Å². The van der Waals surface area contributed by atoms with Crippen LogP contribution in [0.3, 0.4) is 0 Å². The van der Waals surface area contributed by atoms with Crippen LogP contribution in [0.5, 0.6) is 0 Å². The Hall–Kier alpha value is -8.15. The van der Waals surface area contributed by atoms with E-state index < -0.39 is 0 Å². The van der Waals surface area contributed by atoms with Gasteiger partial charge in [0.05, 0.1) is 0 Å². The maximum absolute atomic E-state index is 6.57. The lowest BCUT2D eigenvalue weighted by Gasteiger charge is -2.25. The number of hydrogen-bond donors (Lipinski definition) is 0. The third kappa shape index (κ3) is 6.64. The summed E-state index contributed by atoms with van der Waals surface area (Å²) in [6.07, 6.45) is 0. The molecule has 282 valence electrons. The maximum Gasteiger partial charge on any atom is 0.164 e. The molecule has 2 heterocycles. The van der Waals surface area contributed by atoms with Crippen LogP contribution in [0, 0.1) is 0 Å². The maximum atomic E-state index is 6.57. The molecule has 0 bridgehead atoms. The van der Waals surface area contributed by atoms with Crippen molar-refractivity contribution in [2.24, 2.45) is 0 Å². The van der Waals surface area contributed by atoms with Gasteiger partial charge >= 0.3 is 0 Å². The second-order valence-corrected chi connectivity index (χ2v) is 14.9. The van der Waals surface area contributed by atoms with E-state index in [2.05, 4.69) is 199 Å². The number of aromatic nitrogens is 3. The smallest absolute Gasteiger partial charge is 0.164 e. The summed E-state index contributed by atoms with van der Waals surface area (Å²) in [5.41, 5.74) is 12.1. The van der Waals surface area contributed by atoms with Gasteiger partial charge in [0.2, 0.25) is 0 Å². The van der Waals surface area contributed by atoms with Crippen LogP contribution in [-0.2, 0) is 0 Å². The van der Waals surface area contributed by atoms with E-state index in [0.717, 1.165) is 72.2 Å². The number of anilines is 3. The molecule has 11 aromatic rings. The molecule has 5 heteroatoms. The van der Waals surface area contributed by atoms with Crippen molar-refractivity contribution in [2.75, 3.05) is 4.90 Å². The monoisotopic (exact) mass is 768 g/mol. The highest BCUT2D eigenvalue weighted by Crippen LogP contribution is 2.40. The first-order valence-electron chi connectivity index (χ1n) is 20.1. The van der Waals surface area contributed by atoms with E-state index in [9.17, 15) is 0 Å². The van der Waals surface area contributed by atoms with Gasteiger partial charge in [-0.1, -0.05) is 158 Å². The van der Waals surface area contributed by atoms with Gasteiger partial charge in [0.1, 0.15) is 11.2 Å². The minimum atomic E-state index is 0.576. The summed E-state index contributed by atoms with van der Waals surface area (Å²) in [4.78, 5) is 17.5. The van der Waals surface area contributed by atoms with E-state index in [1.807, 2.05) is 24.3 Å². The molecule has 0 radical (unpaired) electrons. The molecule has 9 aromatic carbocycles. The van der Waals surface area contributed by atoms with Crippen molar-refractivity contribution in [1.82, 2.24) is 15.0 Å². The summed E-state index contributed by atoms with van der Waals surface area (Å²) >= 11 is 0. The zero-order chi connectivity index (χ0) is 39.8. The first-order chi connectivity index (χ1) is 29.7. The van der Waals surface area contributed by atoms with Crippen LogP contribution >= 0.6 is 0 Å². The summed E-state index contributed by atoms with van der Waals surface area (Å²) in [7, 11) is 0. The number of benzene rings is 9. The highest BCUT2D eigenvalue weighted by atomic mass is 16.3. The molecule has 0 atom stereocenters. The fraction of sp³-hybridized carbons (Fsp3) is 0. The molecule has 0 unspecified atom stereocenters. The molecule has 0 fully saturated rings. The standard InChI is InChI=1S/C55H36N4O/c1-4-12-37(13-5-1)40-20-23-42(24-21-40)53-56-54(44-25-22-39-16-10-11-17-43(39)34-44)58-55(57-53)45-28-32-49-50-36-48(31-33-51(50)60-52(49)35-45)59(46-18-8-3-9-19-46)47-29-26-41(27-30-47)38-14-6-2-7-15-38/h1-36H. The summed E-state index contributed by atoms with van der Waals surface area (Å²) in [5.74, 6) is 1.79. The number of nitrogens with zero attached hydrogens (tertiary/aromatic N) is 4. The minimum Gasteiger partial charge on any atom is -0.456 e. The lowest BCUT2D eigenvalue weighted by atomic mass is 10.0. The SMILES string of the molecule is c1ccc(-c2ccc(-c3nc(-c4ccc5ccccc5c4)nc(-c4ccc5c(c4)oc4ccc(N(c6ccccc6)c6ccc(-c7ccccc7)cc6)cc45)n3)cc2)cc1. The number of furan rings is 1. The number of rotatable bonds is 8. The first-order valence-corrected chi connectivity index (χ1v) is 20.1. The Morgan fingerprint density at radius 2 is 0.750 bits per heavy atom. The molecule has 0 saturated heterocycles. The van der Waals surface area contributed by atoms with Crippen molar-refractivity contribution in [3.63, 3.8) is 0 Å². The van der Waals surface area contributed by atoms with Crippen molar-refractivity contribution in [2.45, 2.75) is 0 Å². The second kappa shape index (κ2) is 15.0. The van der Waals surface area contributed by atoms with Gasteiger partial charge in [-0.05, 0) is 93.7 Å². The predicted molar refractivity (Wildman–Crippen MR) is 246 cm³/mol. The van der Waals surface area contributed by atoms with Crippen LogP contribution < -0.4 is 4.90 Å². The summed E-state index contributed by atoms with van der Waals surface area (Å²) in [6, 6.07) is 75.9. The fourth-order valence-electron chi connectivity index (χ4n) is 8.04. The van der Waals surface area contributed by atoms with Crippen LogP contribution in [0.25, 0.3) is 89.1 Å². The second-order valence-electron chi connectivity index (χ2n) is 14.9. The Labute approximate surface area is 347 Å². The van der Waals surface area contributed by atoms with Gasteiger partial charge in [0, 0.05) is 44.5 Å². The zero-order valence-electron chi connectivity index (χ0n) is 32.5. The van der Waals surface area contributed by atoms with Gasteiger partial charge in [-0.2, -0.15) is 0 Å². The Morgan fingerprint density at radius 3 is 1.42 bits per heavy atom. The van der Waals surface area contributed by atoms with E-state index >= 15 is 0 Å². The molecule has 0 saturated carbocycles. The summed E-state index contributed by atoms with van der Waals surface area (Å²) < 4.78 is 6.57. The van der Waals surface area contributed by atoms with E-state index in [-0.39, 0.29) is 0 Å². The van der Waals surface area contributed by atoms with Gasteiger partial charge < -0.3 is 9.32 Å². The van der Waals surface area contributed by atoms with Gasteiger partial charge in [-0.25, -0.2) is 15.0 Å². The molecular weight excluding hydrogens is 733 g/mol.